The third-order valence-corrected chi connectivity index (χ3v) is 4.91. The number of hydrogen-bond acceptors (Lipinski definition) is 0. The Balaban J connectivity index is 2.15. The van der Waals surface area contributed by atoms with Crippen molar-refractivity contribution in [1.82, 2.24) is 0 Å². The Kier molecular flexibility index (Phi) is 2.42. The number of benzene rings is 4. The number of fused-ring (bicyclic) bond motifs is 8. The Morgan fingerprint density at radius 1 is 0.636 bits per heavy atom. The molecule has 0 unspecified atom stereocenters. The molecule has 0 spiro atoms. The first-order valence-electron chi connectivity index (χ1n) is 7.95. The summed E-state index contributed by atoms with van der Waals surface area (Å²) >= 11 is 0. The molecule has 0 nitrogen and oxygen atoms in total. The van der Waals surface area contributed by atoms with Crippen molar-refractivity contribution in [2.45, 2.75) is 12.8 Å². The lowest BCUT2D eigenvalue weighted by Crippen LogP contribution is -1.98. The summed E-state index contributed by atoms with van der Waals surface area (Å²) in [7, 11) is 0. The molecule has 0 N–H and O–H groups in total. The molecule has 0 heteroatoms. The van der Waals surface area contributed by atoms with Gasteiger partial charge in [-0.15, -0.1) is 0 Å². The molecule has 0 saturated carbocycles. The van der Waals surface area contributed by atoms with Gasteiger partial charge < -0.3 is 0 Å². The van der Waals surface area contributed by atoms with Gasteiger partial charge in [0.2, 0.25) is 0 Å². The fourth-order valence-electron chi connectivity index (χ4n) is 3.95. The van der Waals surface area contributed by atoms with Crippen LogP contribution in [0.1, 0.15) is 17.5 Å². The van der Waals surface area contributed by atoms with Gasteiger partial charge in [0.05, 0.1) is 0 Å². The topological polar surface area (TPSA) is 0 Å². The predicted octanol–water partition coefficient (Wildman–Crippen LogP) is 6.11. The van der Waals surface area contributed by atoms with Gasteiger partial charge in [0, 0.05) is 0 Å². The van der Waals surface area contributed by atoms with E-state index in [-0.39, 0.29) is 0 Å². The minimum atomic E-state index is 1.15. The fourth-order valence-corrected chi connectivity index (χ4v) is 3.95. The van der Waals surface area contributed by atoms with E-state index in [0.717, 1.165) is 12.8 Å². The van der Waals surface area contributed by atoms with Gasteiger partial charge in [-0.2, -0.15) is 0 Å². The van der Waals surface area contributed by atoms with E-state index in [1.807, 2.05) is 0 Å². The zero-order valence-corrected chi connectivity index (χ0v) is 12.3. The van der Waals surface area contributed by atoms with Crippen LogP contribution >= 0.6 is 0 Å². The van der Waals surface area contributed by atoms with E-state index < -0.39 is 0 Å². The second kappa shape index (κ2) is 4.45. The SMILES string of the molecule is C1=Cc2c(c3ccccc3c3c2ccc2ccccc23)CC1. The van der Waals surface area contributed by atoms with Crippen molar-refractivity contribution >= 4 is 38.4 Å². The van der Waals surface area contributed by atoms with Gasteiger partial charge in [0.25, 0.3) is 0 Å². The molecule has 0 bridgehead atoms. The van der Waals surface area contributed by atoms with E-state index in [0.29, 0.717) is 0 Å². The average Bonchev–Trinajstić information content (AvgIpc) is 2.61. The molecular weight excluding hydrogens is 264 g/mol. The summed E-state index contributed by atoms with van der Waals surface area (Å²) in [5.74, 6) is 0. The van der Waals surface area contributed by atoms with Crippen LogP contribution in [0.4, 0.5) is 0 Å². The molecule has 0 fully saturated rings. The van der Waals surface area contributed by atoms with Crippen LogP contribution < -0.4 is 0 Å². The average molecular weight is 280 g/mol. The Hall–Kier alpha value is -2.60. The summed E-state index contributed by atoms with van der Waals surface area (Å²) in [6.45, 7) is 0. The normalized spacial score (nSPS) is 13.8. The lowest BCUT2D eigenvalue weighted by atomic mass is 9.85. The van der Waals surface area contributed by atoms with Crippen molar-refractivity contribution in [2.75, 3.05) is 0 Å². The van der Waals surface area contributed by atoms with Crippen LogP contribution in [-0.2, 0) is 6.42 Å². The second-order valence-electron chi connectivity index (χ2n) is 6.09. The number of hydrogen-bond donors (Lipinski definition) is 0. The summed E-state index contributed by atoms with van der Waals surface area (Å²) < 4.78 is 0. The monoisotopic (exact) mass is 280 g/mol. The van der Waals surface area contributed by atoms with Gasteiger partial charge in [-0.1, -0.05) is 72.8 Å². The lowest BCUT2D eigenvalue weighted by molar-refractivity contribution is 1.00. The maximum atomic E-state index is 2.32. The van der Waals surface area contributed by atoms with Gasteiger partial charge in [-0.05, 0) is 56.3 Å². The molecule has 0 aliphatic heterocycles. The number of aryl methyl sites for hydroxylation is 1. The summed E-state index contributed by atoms with van der Waals surface area (Å²) in [6, 6.07) is 22.2. The number of allylic oxidation sites excluding steroid dienone is 1. The van der Waals surface area contributed by atoms with Crippen molar-refractivity contribution in [2.24, 2.45) is 0 Å². The third-order valence-electron chi connectivity index (χ3n) is 4.91. The Bertz CT molecular complexity index is 1070. The molecule has 0 amide bonds. The maximum absolute atomic E-state index is 2.32. The first kappa shape index (κ1) is 12.0. The van der Waals surface area contributed by atoms with E-state index >= 15 is 0 Å². The summed E-state index contributed by atoms with van der Waals surface area (Å²) in [5, 5.41) is 8.29. The van der Waals surface area contributed by atoms with Crippen molar-refractivity contribution in [1.29, 1.82) is 0 Å². The lowest BCUT2D eigenvalue weighted by Gasteiger charge is -2.19. The summed E-state index contributed by atoms with van der Waals surface area (Å²) in [6.07, 6.45) is 6.93. The van der Waals surface area contributed by atoms with Crippen LogP contribution in [0.5, 0.6) is 0 Å². The molecule has 4 aromatic carbocycles. The van der Waals surface area contributed by atoms with Crippen LogP contribution in [0.2, 0.25) is 0 Å². The summed E-state index contributed by atoms with van der Waals surface area (Å²) in [5.41, 5.74) is 2.94. The van der Waals surface area contributed by atoms with E-state index in [1.165, 1.54) is 43.4 Å². The van der Waals surface area contributed by atoms with Crippen LogP contribution in [0, 0.1) is 0 Å². The molecule has 0 heterocycles. The van der Waals surface area contributed by atoms with Gasteiger partial charge >= 0.3 is 0 Å². The standard InChI is InChI=1S/C22H16/c1-2-8-16-15(7-1)13-14-21-19-11-4-3-9-17(19)18-10-5-6-12-20(18)22(16)21/h1-2,4-8,10-14H,3,9H2. The Morgan fingerprint density at radius 2 is 1.41 bits per heavy atom. The molecule has 104 valence electrons. The highest BCUT2D eigenvalue weighted by Gasteiger charge is 2.15. The van der Waals surface area contributed by atoms with Crippen molar-refractivity contribution in [3.05, 3.63) is 77.9 Å². The molecule has 4 aromatic rings. The highest BCUT2D eigenvalue weighted by molar-refractivity contribution is 6.23. The molecule has 0 aromatic heterocycles. The van der Waals surface area contributed by atoms with E-state index in [1.54, 1.807) is 0 Å². The van der Waals surface area contributed by atoms with Crippen molar-refractivity contribution < 1.29 is 0 Å². The molecule has 0 atom stereocenters. The first-order valence-corrected chi connectivity index (χ1v) is 7.95. The zero-order chi connectivity index (χ0) is 14.5. The van der Waals surface area contributed by atoms with Crippen molar-refractivity contribution in [3.63, 3.8) is 0 Å². The highest BCUT2D eigenvalue weighted by atomic mass is 14.2. The van der Waals surface area contributed by atoms with E-state index in [9.17, 15) is 0 Å². The molecular formula is C22H16. The molecule has 0 saturated heterocycles. The minimum Gasteiger partial charge on any atom is -0.0836 e. The molecule has 0 radical (unpaired) electrons. The highest BCUT2D eigenvalue weighted by Crippen LogP contribution is 2.39. The Morgan fingerprint density at radius 3 is 2.32 bits per heavy atom. The molecule has 22 heavy (non-hydrogen) atoms. The molecule has 1 aliphatic rings. The van der Waals surface area contributed by atoms with Crippen LogP contribution in [0.15, 0.2) is 66.7 Å². The smallest absolute Gasteiger partial charge is 0.00206 e. The second-order valence-corrected chi connectivity index (χ2v) is 6.09. The Labute approximate surface area is 129 Å². The zero-order valence-electron chi connectivity index (χ0n) is 12.3. The third kappa shape index (κ3) is 1.52. The van der Waals surface area contributed by atoms with Crippen molar-refractivity contribution in [3.8, 4) is 0 Å². The van der Waals surface area contributed by atoms with Gasteiger partial charge in [-0.25, -0.2) is 0 Å². The largest absolute Gasteiger partial charge is 0.0836 e. The minimum absolute atomic E-state index is 1.15. The maximum Gasteiger partial charge on any atom is -0.00206 e. The van der Waals surface area contributed by atoms with E-state index in [2.05, 4.69) is 72.8 Å². The quantitative estimate of drug-likeness (QED) is 0.341. The predicted molar refractivity (Wildman–Crippen MR) is 96.3 cm³/mol. The fraction of sp³-hybridized carbons (Fsp3) is 0.0909. The van der Waals surface area contributed by atoms with Crippen LogP contribution in [0.3, 0.4) is 0 Å². The number of rotatable bonds is 0. The van der Waals surface area contributed by atoms with Crippen LogP contribution in [-0.4, -0.2) is 0 Å². The van der Waals surface area contributed by atoms with Gasteiger partial charge in [0.15, 0.2) is 0 Å². The van der Waals surface area contributed by atoms with Crippen LogP contribution in [0.25, 0.3) is 38.4 Å². The molecule has 1 aliphatic carbocycles. The van der Waals surface area contributed by atoms with Gasteiger partial charge in [-0.3, -0.25) is 0 Å². The molecule has 5 rings (SSSR count). The first-order chi connectivity index (χ1) is 10.9. The summed E-state index contributed by atoms with van der Waals surface area (Å²) in [4.78, 5) is 0. The van der Waals surface area contributed by atoms with Gasteiger partial charge in [0.1, 0.15) is 0 Å². The van der Waals surface area contributed by atoms with E-state index in [4.69, 9.17) is 0 Å².